The molecule has 3 aliphatic heterocycles. The quantitative estimate of drug-likeness (QED) is 0.665. The molecule has 1 aromatic heterocycles. The van der Waals surface area contributed by atoms with Crippen LogP contribution in [0, 0.1) is 30.6 Å². The van der Waals surface area contributed by atoms with E-state index in [2.05, 4.69) is 26.1 Å². The zero-order valence-corrected chi connectivity index (χ0v) is 19.9. The zero-order valence-electron chi connectivity index (χ0n) is 19.9. The van der Waals surface area contributed by atoms with Gasteiger partial charge in [0.2, 0.25) is 0 Å². The number of esters is 1. The molecule has 2 saturated heterocycles. The average Bonchev–Trinajstić information content (AvgIpc) is 3.23. The summed E-state index contributed by atoms with van der Waals surface area (Å²) in [6.45, 7) is 8.44. The van der Waals surface area contributed by atoms with Gasteiger partial charge in [0.25, 0.3) is 0 Å². The molecule has 0 bridgehead atoms. The lowest BCUT2D eigenvalue weighted by molar-refractivity contribution is 0.0447. The maximum absolute atomic E-state index is 11.8. The smallest absolute Gasteiger partial charge is 0.338 e. The van der Waals surface area contributed by atoms with Gasteiger partial charge in [-0.3, -0.25) is 0 Å². The van der Waals surface area contributed by atoms with Crippen molar-refractivity contribution >= 4 is 11.8 Å². The molecule has 0 aliphatic carbocycles. The molecule has 8 heteroatoms. The molecule has 2 aromatic rings. The third kappa shape index (κ3) is 4.75. The first kappa shape index (κ1) is 25.1. The number of β-amino-alcohol motifs (C(OH)–C–C–N with tert-alkyl or cyclic N) is 1. The highest BCUT2D eigenvalue weighted by atomic mass is 16.5. The Morgan fingerprint density at radius 3 is 2.51 bits per heavy atom. The number of rotatable bonds is 4. The van der Waals surface area contributed by atoms with Crippen LogP contribution in [0.2, 0.25) is 0 Å². The van der Waals surface area contributed by atoms with E-state index in [0.29, 0.717) is 35.5 Å². The van der Waals surface area contributed by atoms with Gasteiger partial charge in [-0.05, 0) is 81.3 Å². The lowest BCUT2D eigenvalue weighted by Gasteiger charge is -2.47. The average molecular weight is 478 g/mol. The van der Waals surface area contributed by atoms with E-state index in [-0.39, 0.29) is 13.4 Å². The second-order valence-corrected chi connectivity index (χ2v) is 10.0. The Bertz CT molecular complexity index is 1140. The summed E-state index contributed by atoms with van der Waals surface area (Å²) in [6, 6.07) is 7.73. The first-order valence-electron chi connectivity index (χ1n) is 12.1. The summed E-state index contributed by atoms with van der Waals surface area (Å²) in [5.41, 5.74) is 5.07. The maximum Gasteiger partial charge on any atom is 0.338 e. The van der Waals surface area contributed by atoms with Crippen molar-refractivity contribution in [3.8, 4) is 6.07 Å². The number of likely N-dealkylation sites (tertiary alicyclic amines) is 1. The van der Waals surface area contributed by atoms with Gasteiger partial charge < -0.3 is 19.6 Å². The Kier molecular flexibility index (Phi) is 7.11. The molecule has 0 amide bonds. The van der Waals surface area contributed by atoms with Crippen molar-refractivity contribution in [2.75, 3.05) is 37.6 Å². The van der Waals surface area contributed by atoms with Crippen molar-refractivity contribution in [1.82, 2.24) is 15.1 Å². The van der Waals surface area contributed by atoms with E-state index >= 15 is 0 Å². The summed E-state index contributed by atoms with van der Waals surface area (Å²) in [7, 11) is 0. The molecule has 186 valence electrons. The molecule has 2 fully saturated rings. The first-order chi connectivity index (χ1) is 16.4. The standard InChI is InChI=1S/C26H31N5O3.CH4/c1-17-13-19(14-27)24(29-28-17)31-11-7-26(8-12-31)5-9-30(10-6-26)15-23(32)20-3-4-21-22(18(20)2)16-34-25(21)33;/h3-4,13,23,32H,5-12,15-16H2,1-2H3;1H4. The normalized spacial score (nSPS) is 20.1. The monoisotopic (exact) mass is 477 g/mol. The Morgan fingerprint density at radius 2 is 1.83 bits per heavy atom. The van der Waals surface area contributed by atoms with Gasteiger partial charge in [-0.25, -0.2) is 4.79 Å². The number of aryl methyl sites for hydroxylation is 1. The molecule has 3 aliphatic rings. The van der Waals surface area contributed by atoms with Crippen LogP contribution in [0.5, 0.6) is 0 Å². The van der Waals surface area contributed by atoms with Crippen LogP contribution in [0.3, 0.4) is 0 Å². The topological polar surface area (TPSA) is 103 Å². The fourth-order valence-corrected chi connectivity index (χ4v) is 5.77. The number of aromatic nitrogens is 2. The third-order valence-corrected chi connectivity index (χ3v) is 8.06. The van der Waals surface area contributed by atoms with Crippen LogP contribution in [0.1, 0.15) is 77.5 Å². The fraction of sp³-hybridized carbons (Fsp3) is 0.556. The lowest BCUT2D eigenvalue weighted by atomic mass is 9.71. The second kappa shape index (κ2) is 9.92. The molecule has 0 saturated carbocycles. The molecule has 1 aromatic carbocycles. The van der Waals surface area contributed by atoms with Gasteiger partial charge in [0.1, 0.15) is 12.7 Å². The van der Waals surface area contributed by atoms with Crippen molar-refractivity contribution < 1.29 is 14.6 Å². The molecule has 8 nitrogen and oxygen atoms in total. The number of carbonyl (C=O) groups excluding carboxylic acids is 1. The van der Waals surface area contributed by atoms with Crippen molar-refractivity contribution in [2.45, 2.75) is 59.7 Å². The van der Waals surface area contributed by atoms with Crippen molar-refractivity contribution in [1.29, 1.82) is 5.26 Å². The van der Waals surface area contributed by atoms with Crippen LogP contribution >= 0.6 is 0 Å². The predicted molar refractivity (Wildman–Crippen MR) is 133 cm³/mol. The van der Waals surface area contributed by atoms with E-state index in [0.717, 1.165) is 74.2 Å². The molecule has 1 spiro atoms. The number of piperidine rings is 2. The minimum Gasteiger partial charge on any atom is -0.457 e. The highest BCUT2D eigenvalue weighted by Crippen LogP contribution is 2.42. The van der Waals surface area contributed by atoms with Crippen molar-refractivity contribution in [2.24, 2.45) is 5.41 Å². The maximum atomic E-state index is 11.8. The molecular weight excluding hydrogens is 442 g/mol. The number of nitrogens with zero attached hydrogens (tertiary/aromatic N) is 5. The van der Waals surface area contributed by atoms with Gasteiger partial charge in [-0.2, -0.15) is 10.4 Å². The number of hydrogen-bond acceptors (Lipinski definition) is 8. The molecule has 1 unspecified atom stereocenters. The predicted octanol–water partition coefficient (Wildman–Crippen LogP) is 3.69. The van der Waals surface area contributed by atoms with Gasteiger partial charge in [0.05, 0.1) is 22.9 Å². The Labute approximate surface area is 207 Å². The number of hydrogen-bond donors (Lipinski definition) is 1. The Hall–Kier alpha value is -3.02. The van der Waals surface area contributed by atoms with Crippen LogP contribution in [-0.4, -0.2) is 58.9 Å². The molecule has 1 N–H and O–H groups in total. The summed E-state index contributed by atoms with van der Waals surface area (Å²) in [5.74, 6) is 0.435. The van der Waals surface area contributed by atoms with Gasteiger partial charge in [0, 0.05) is 25.2 Å². The van der Waals surface area contributed by atoms with Crippen LogP contribution in [0.25, 0.3) is 0 Å². The molecule has 0 radical (unpaired) electrons. The van der Waals surface area contributed by atoms with Gasteiger partial charge in [-0.15, -0.1) is 5.10 Å². The Morgan fingerprint density at radius 1 is 1.14 bits per heavy atom. The number of carbonyl (C=O) groups is 1. The summed E-state index contributed by atoms with van der Waals surface area (Å²) in [6.07, 6.45) is 3.82. The number of aliphatic hydroxyl groups excluding tert-OH is 1. The number of aliphatic hydroxyl groups is 1. The highest BCUT2D eigenvalue weighted by molar-refractivity contribution is 5.93. The minimum atomic E-state index is -0.582. The van der Waals surface area contributed by atoms with Crippen LogP contribution in [-0.2, 0) is 11.3 Å². The lowest BCUT2D eigenvalue weighted by Crippen LogP contribution is -2.48. The number of benzene rings is 1. The Balaban J connectivity index is 0.00000289. The molecule has 4 heterocycles. The van der Waals surface area contributed by atoms with Crippen LogP contribution < -0.4 is 4.90 Å². The van der Waals surface area contributed by atoms with Gasteiger partial charge in [0.15, 0.2) is 5.82 Å². The first-order valence-corrected chi connectivity index (χ1v) is 12.1. The number of cyclic esters (lactones) is 1. The molecule has 5 rings (SSSR count). The van der Waals surface area contributed by atoms with E-state index in [1.165, 1.54) is 0 Å². The fourth-order valence-electron chi connectivity index (χ4n) is 5.77. The number of fused-ring (bicyclic) bond motifs is 1. The van der Waals surface area contributed by atoms with Crippen LogP contribution in [0.4, 0.5) is 5.82 Å². The number of ether oxygens (including phenoxy) is 1. The number of nitriles is 1. The summed E-state index contributed by atoms with van der Waals surface area (Å²) >= 11 is 0. The van der Waals surface area contributed by atoms with E-state index in [1.807, 2.05) is 26.0 Å². The van der Waals surface area contributed by atoms with E-state index in [4.69, 9.17) is 4.74 Å². The van der Waals surface area contributed by atoms with Gasteiger partial charge in [-0.1, -0.05) is 13.5 Å². The zero-order chi connectivity index (χ0) is 23.9. The SMILES string of the molecule is C.Cc1cc(C#N)c(N2CCC3(CCN(CC(O)c4ccc5c(c4C)COC5=O)CC3)CC2)nn1. The van der Waals surface area contributed by atoms with E-state index < -0.39 is 6.10 Å². The molecular formula is C27H35N5O3. The molecule has 35 heavy (non-hydrogen) atoms. The van der Waals surface area contributed by atoms with E-state index in [1.54, 1.807) is 6.07 Å². The summed E-state index contributed by atoms with van der Waals surface area (Å²) in [5, 5.41) is 28.9. The minimum absolute atomic E-state index is 0. The van der Waals surface area contributed by atoms with Crippen molar-refractivity contribution in [3.63, 3.8) is 0 Å². The summed E-state index contributed by atoms with van der Waals surface area (Å²) < 4.78 is 5.15. The molecule has 1 atom stereocenters. The van der Waals surface area contributed by atoms with Gasteiger partial charge >= 0.3 is 5.97 Å². The largest absolute Gasteiger partial charge is 0.457 e. The third-order valence-electron chi connectivity index (χ3n) is 8.06. The highest BCUT2D eigenvalue weighted by Gasteiger charge is 2.38. The van der Waals surface area contributed by atoms with Crippen molar-refractivity contribution in [3.05, 3.63) is 51.7 Å². The summed E-state index contributed by atoms with van der Waals surface area (Å²) in [4.78, 5) is 16.4. The number of anilines is 1. The van der Waals surface area contributed by atoms with E-state index in [9.17, 15) is 15.2 Å². The van der Waals surface area contributed by atoms with Crippen LogP contribution in [0.15, 0.2) is 18.2 Å². The second-order valence-electron chi connectivity index (χ2n) is 10.0.